The zero-order valence-electron chi connectivity index (χ0n) is 11.7. The van der Waals surface area contributed by atoms with Gasteiger partial charge in [0.1, 0.15) is 11.5 Å². The molecule has 2 rings (SSSR count). The van der Waals surface area contributed by atoms with Crippen molar-refractivity contribution >= 4 is 0 Å². The van der Waals surface area contributed by atoms with E-state index in [0.717, 1.165) is 29.9 Å². The fraction of sp³-hybridized carbons (Fsp3) is 0.294. The van der Waals surface area contributed by atoms with Crippen LogP contribution in [0.1, 0.15) is 17.5 Å². The predicted molar refractivity (Wildman–Crippen MR) is 79.2 cm³/mol. The Morgan fingerprint density at radius 1 is 1.00 bits per heavy atom. The monoisotopic (exact) mass is 272 g/mol. The lowest BCUT2D eigenvalue weighted by Crippen LogP contribution is -2.00. The van der Waals surface area contributed by atoms with Crippen molar-refractivity contribution in [1.29, 1.82) is 0 Å². The maximum atomic E-state index is 8.97. The van der Waals surface area contributed by atoms with Crippen LogP contribution >= 0.6 is 0 Å². The minimum Gasteiger partial charge on any atom is -0.496 e. The molecule has 2 aromatic carbocycles. The molecule has 106 valence electrons. The Labute approximate surface area is 119 Å². The Balaban J connectivity index is 1.78. The van der Waals surface area contributed by atoms with Crippen LogP contribution in [-0.2, 0) is 13.0 Å². The lowest BCUT2D eigenvalue weighted by molar-refractivity contribution is 0.281. The smallest absolute Gasteiger partial charge is 0.122 e. The van der Waals surface area contributed by atoms with Crippen LogP contribution in [0.4, 0.5) is 0 Å². The molecular formula is C17H20O3. The van der Waals surface area contributed by atoms with Crippen LogP contribution in [0.5, 0.6) is 11.5 Å². The van der Waals surface area contributed by atoms with Crippen LogP contribution in [0.15, 0.2) is 48.5 Å². The lowest BCUT2D eigenvalue weighted by Gasteiger charge is -2.09. The Bertz CT molecular complexity index is 520. The number of methoxy groups -OCH3 is 1. The van der Waals surface area contributed by atoms with Crippen molar-refractivity contribution in [2.24, 2.45) is 0 Å². The molecule has 0 aliphatic heterocycles. The van der Waals surface area contributed by atoms with Crippen LogP contribution in [0.25, 0.3) is 0 Å². The van der Waals surface area contributed by atoms with Crippen LogP contribution < -0.4 is 9.47 Å². The van der Waals surface area contributed by atoms with Gasteiger partial charge in [-0.05, 0) is 42.2 Å². The molecule has 1 N–H and O–H groups in total. The number of aliphatic hydroxyl groups is 1. The van der Waals surface area contributed by atoms with Gasteiger partial charge in [0.2, 0.25) is 0 Å². The highest BCUT2D eigenvalue weighted by molar-refractivity contribution is 5.33. The molecule has 3 nitrogen and oxygen atoms in total. The molecule has 0 radical (unpaired) electrons. The van der Waals surface area contributed by atoms with Crippen molar-refractivity contribution < 1.29 is 14.6 Å². The number of hydrogen-bond acceptors (Lipinski definition) is 3. The van der Waals surface area contributed by atoms with Gasteiger partial charge in [0.25, 0.3) is 0 Å². The zero-order valence-corrected chi connectivity index (χ0v) is 11.7. The minimum absolute atomic E-state index is 0.0636. The molecule has 0 spiro atoms. The second-order valence-electron chi connectivity index (χ2n) is 4.57. The molecule has 0 heterocycles. The van der Waals surface area contributed by atoms with Crippen molar-refractivity contribution in [3.8, 4) is 11.5 Å². The van der Waals surface area contributed by atoms with Gasteiger partial charge >= 0.3 is 0 Å². The normalized spacial score (nSPS) is 10.3. The van der Waals surface area contributed by atoms with Crippen LogP contribution in [0.2, 0.25) is 0 Å². The SMILES string of the molecule is COc1ccccc1CCCOc1ccc(CO)cc1. The summed E-state index contributed by atoms with van der Waals surface area (Å²) in [6, 6.07) is 15.6. The molecule has 3 heteroatoms. The molecule has 0 bridgehead atoms. The van der Waals surface area contributed by atoms with Crippen LogP contribution in [-0.4, -0.2) is 18.8 Å². The Morgan fingerprint density at radius 3 is 2.45 bits per heavy atom. The van der Waals surface area contributed by atoms with Gasteiger partial charge in [-0.2, -0.15) is 0 Å². The highest BCUT2D eigenvalue weighted by Crippen LogP contribution is 2.19. The van der Waals surface area contributed by atoms with Gasteiger partial charge in [-0.3, -0.25) is 0 Å². The molecule has 0 saturated carbocycles. The van der Waals surface area contributed by atoms with Gasteiger partial charge in [0, 0.05) is 0 Å². The predicted octanol–water partition coefficient (Wildman–Crippen LogP) is 3.20. The number of ether oxygens (including phenoxy) is 2. The van der Waals surface area contributed by atoms with E-state index in [4.69, 9.17) is 14.6 Å². The molecule has 20 heavy (non-hydrogen) atoms. The highest BCUT2D eigenvalue weighted by Gasteiger charge is 2.01. The molecule has 0 aliphatic carbocycles. The van der Waals surface area contributed by atoms with Crippen molar-refractivity contribution in [1.82, 2.24) is 0 Å². The first-order valence-corrected chi connectivity index (χ1v) is 6.78. The molecule has 0 fully saturated rings. The van der Waals surface area contributed by atoms with E-state index >= 15 is 0 Å². The van der Waals surface area contributed by atoms with E-state index in [1.807, 2.05) is 42.5 Å². The zero-order chi connectivity index (χ0) is 14.2. The third-order valence-electron chi connectivity index (χ3n) is 3.16. The van der Waals surface area contributed by atoms with Gasteiger partial charge in [0.15, 0.2) is 0 Å². The summed E-state index contributed by atoms with van der Waals surface area (Å²) in [6.45, 7) is 0.727. The molecule has 0 aliphatic rings. The van der Waals surface area contributed by atoms with Crippen molar-refractivity contribution in [3.63, 3.8) is 0 Å². The second kappa shape index (κ2) is 7.56. The maximum Gasteiger partial charge on any atom is 0.122 e. The van der Waals surface area contributed by atoms with E-state index < -0.39 is 0 Å². The Kier molecular flexibility index (Phi) is 5.44. The summed E-state index contributed by atoms with van der Waals surface area (Å²) in [5, 5.41) is 8.97. The minimum atomic E-state index is 0.0636. The average Bonchev–Trinajstić information content (AvgIpc) is 2.52. The summed E-state index contributed by atoms with van der Waals surface area (Å²) in [5.74, 6) is 1.77. The molecule has 2 aromatic rings. The van der Waals surface area contributed by atoms with Gasteiger partial charge in [-0.1, -0.05) is 30.3 Å². The molecule has 0 unspecified atom stereocenters. The molecular weight excluding hydrogens is 252 g/mol. The second-order valence-corrected chi connectivity index (χ2v) is 4.57. The first-order valence-electron chi connectivity index (χ1n) is 6.78. The number of aliphatic hydroxyl groups excluding tert-OH is 1. The van der Waals surface area contributed by atoms with E-state index in [2.05, 4.69) is 6.07 Å². The van der Waals surface area contributed by atoms with E-state index in [-0.39, 0.29) is 6.61 Å². The summed E-state index contributed by atoms with van der Waals surface area (Å²) >= 11 is 0. The average molecular weight is 272 g/mol. The molecule has 0 atom stereocenters. The van der Waals surface area contributed by atoms with E-state index in [1.54, 1.807) is 7.11 Å². The van der Waals surface area contributed by atoms with Gasteiger partial charge in [-0.15, -0.1) is 0 Å². The highest BCUT2D eigenvalue weighted by atomic mass is 16.5. The van der Waals surface area contributed by atoms with Gasteiger partial charge < -0.3 is 14.6 Å². The van der Waals surface area contributed by atoms with Crippen molar-refractivity contribution in [2.45, 2.75) is 19.4 Å². The van der Waals surface area contributed by atoms with Crippen LogP contribution in [0, 0.1) is 0 Å². The first-order chi connectivity index (χ1) is 9.83. The summed E-state index contributed by atoms with van der Waals surface area (Å²) in [7, 11) is 1.69. The fourth-order valence-corrected chi connectivity index (χ4v) is 2.05. The van der Waals surface area contributed by atoms with Crippen molar-refractivity contribution in [2.75, 3.05) is 13.7 Å². The maximum absolute atomic E-state index is 8.97. The first kappa shape index (κ1) is 14.4. The quantitative estimate of drug-likeness (QED) is 0.787. The van der Waals surface area contributed by atoms with Gasteiger partial charge in [-0.25, -0.2) is 0 Å². The summed E-state index contributed by atoms with van der Waals surface area (Å²) in [4.78, 5) is 0. The molecule has 0 amide bonds. The van der Waals surface area contributed by atoms with Crippen molar-refractivity contribution in [3.05, 3.63) is 59.7 Å². The summed E-state index contributed by atoms with van der Waals surface area (Å²) < 4.78 is 11.0. The number of para-hydroxylation sites is 1. The Morgan fingerprint density at radius 2 is 1.75 bits per heavy atom. The molecule has 0 saturated heterocycles. The molecule has 0 aromatic heterocycles. The summed E-state index contributed by atoms with van der Waals surface area (Å²) in [5.41, 5.74) is 2.10. The third kappa shape index (κ3) is 4.00. The topological polar surface area (TPSA) is 38.7 Å². The lowest BCUT2D eigenvalue weighted by atomic mass is 10.1. The summed E-state index contributed by atoms with van der Waals surface area (Å²) in [6.07, 6.45) is 1.86. The Hall–Kier alpha value is -2.00. The fourth-order valence-electron chi connectivity index (χ4n) is 2.05. The van der Waals surface area contributed by atoms with Crippen LogP contribution in [0.3, 0.4) is 0 Å². The number of aryl methyl sites for hydroxylation is 1. The number of rotatable bonds is 7. The third-order valence-corrected chi connectivity index (χ3v) is 3.16. The van der Waals surface area contributed by atoms with Gasteiger partial charge in [0.05, 0.1) is 20.3 Å². The van der Waals surface area contributed by atoms with E-state index in [1.165, 1.54) is 5.56 Å². The van der Waals surface area contributed by atoms with E-state index in [9.17, 15) is 0 Å². The number of hydrogen-bond donors (Lipinski definition) is 1. The standard InChI is InChI=1S/C17H20O3/c1-19-17-7-3-2-5-15(17)6-4-12-20-16-10-8-14(13-18)9-11-16/h2-3,5,7-11,18H,4,6,12-13H2,1H3. The number of benzene rings is 2. The van der Waals surface area contributed by atoms with E-state index in [0.29, 0.717) is 6.61 Å². The largest absolute Gasteiger partial charge is 0.496 e.